The van der Waals surface area contributed by atoms with Gasteiger partial charge in [-0.25, -0.2) is 0 Å². The quantitative estimate of drug-likeness (QED) is 0.374. The molecule has 2 N–H and O–H groups in total. The minimum atomic E-state index is -4.87. The first-order chi connectivity index (χ1) is 17.4. The van der Waals surface area contributed by atoms with Gasteiger partial charge in [-0.15, -0.1) is 0 Å². The second-order valence-electron chi connectivity index (χ2n) is 9.52. The van der Waals surface area contributed by atoms with Crippen molar-refractivity contribution in [2.45, 2.75) is 63.0 Å². The smallest absolute Gasteiger partial charge is 0.366 e. The lowest BCUT2D eigenvalue weighted by Crippen LogP contribution is -2.34. The first kappa shape index (κ1) is 25.2. The lowest BCUT2D eigenvalue weighted by molar-refractivity contribution is -0.137. The van der Waals surface area contributed by atoms with Crippen molar-refractivity contribution in [1.29, 1.82) is 0 Å². The summed E-state index contributed by atoms with van der Waals surface area (Å²) in [4.78, 5) is 30.3. The number of fused-ring (bicyclic) bond motifs is 3. The van der Waals surface area contributed by atoms with Gasteiger partial charge in [0.15, 0.2) is 0 Å². The van der Waals surface area contributed by atoms with Gasteiger partial charge in [0.05, 0.1) is 22.2 Å². The van der Waals surface area contributed by atoms with Crippen LogP contribution in [-0.4, -0.2) is 23.0 Å². The van der Waals surface area contributed by atoms with Gasteiger partial charge in [0, 0.05) is 29.5 Å². The summed E-state index contributed by atoms with van der Waals surface area (Å²) in [6.07, 6.45) is -3.11. The van der Waals surface area contributed by atoms with Gasteiger partial charge in [-0.2, -0.15) is 26.3 Å². The molecule has 2 unspecified atom stereocenters. The van der Waals surface area contributed by atoms with E-state index in [1.165, 1.54) is 12.1 Å². The lowest BCUT2D eigenvalue weighted by Gasteiger charge is -2.31. The number of anilines is 2. The molecule has 2 aromatic carbocycles. The zero-order valence-electron chi connectivity index (χ0n) is 19.5. The molecular weight excluding hydrogens is 500 g/mol. The number of pyridine rings is 1. The van der Waals surface area contributed by atoms with Crippen molar-refractivity contribution in [1.82, 2.24) is 4.98 Å². The van der Waals surface area contributed by atoms with E-state index < -0.39 is 51.5 Å². The van der Waals surface area contributed by atoms with Crippen molar-refractivity contribution in [2.24, 2.45) is 0 Å². The third-order valence-corrected chi connectivity index (χ3v) is 7.26. The lowest BCUT2D eigenvalue weighted by atomic mass is 10.0. The molecule has 0 saturated carbocycles. The normalized spacial score (nSPS) is 20.2. The van der Waals surface area contributed by atoms with Gasteiger partial charge in [0.1, 0.15) is 5.56 Å². The number of carbonyl (C=O) groups excluding carboxylic acids is 1. The maximum Gasteiger partial charge on any atom is 0.418 e. The standard InChI is InChI=1S/C26H23F6N3O2/c27-25(28,29)18-6-3-7-21-22(18)23(36)17(13-33-21)24(37)34-20-11-10-16(12-19(20)26(30,31)32)35-14-4-1-2-5-15(35)9-8-14/h3,6-7,10-15H,1-2,4-5,8-9H2,(H,33,36)(H,34,37). The van der Waals surface area contributed by atoms with Crippen molar-refractivity contribution in [3.8, 4) is 0 Å². The Morgan fingerprint density at radius 3 is 2.16 bits per heavy atom. The summed E-state index contributed by atoms with van der Waals surface area (Å²) in [5.74, 6) is -1.24. The molecule has 37 heavy (non-hydrogen) atoms. The van der Waals surface area contributed by atoms with Crippen LogP contribution in [0.25, 0.3) is 10.9 Å². The molecule has 196 valence electrons. The number of hydrogen-bond acceptors (Lipinski definition) is 3. The summed E-state index contributed by atoms with van der Waals surface area (Å²) in [6.45, 7) is 0. The molecule has 3 heterocycles. The maximum absolute atomic E-state index is 14.0. The zero-order chi connectivity index (χ0) is 26.5. The van der Waals surface area contributed by atoms with Crippen LogP contribution in [0.5, 0.6) is 0 Å². The van der Waals surface area contributed by atoms with Crippen LogP contribution < -0.4 is 15.6 Å². The van der Waals surface area contributed by atoms with Crippen molar-refractivity contribution in [2.75, 3.05) is 10.2 Å². The number of carbonyl (C=O) groups is 1. The molecule has 1 amide bonds. The highest BCUT2D eigenvalue weighted by Crippen LogP contribution is 2.42. The molecular formula is C26H23F6N3O2. The molecule has 2 fully saturated rings. The topological polar surface area (TPSA) is 65.2 Å². The number of H-pyrrole nitrogens is 1. The number of alkyl halides is 6. The molecule has 5 nitrogen and oxygen atoms in total. The molecule has 0 aliphatic carbocycles. The molecule has 0 spiro atoms. The van der Waals surface area contributed by atoms with Crippen LogP contribution in [-0.2, 0) is 12.4 Å². The maximum atomic E-state index is 14.0. The minimum absolute atomic E-state index is 0.149. The molecule has 3 aromatic rings. The number of hydrogen-bond donors (Lipinski definition) is 2. The summed E-state index contributed by atoms with van der Waals surface area (Å²) >= 11 is 0. The summed E-state index contributed by atoms with van der Waals surface area (Å²) < 4.78 is 82.5. The van der Waals surface area contributed by atoms with E-state index in [1.807, 2.05) is 4.90 Å². The summed E-state index contributed by atoms with van der Waals surface area (Å²) in [7, 11) is 0. The number of benzene rings is 2. The molecule has 2 atom stereocenters. The van der Waals surface area contributed by atoms with Crippen molar-refractivity contribution in [3.05, 3.63) is 69.5 Å². The molecule has 0 radical (unpaired) electrons. The number of nitrogens with zero attached hydrogens (tertiary/aromatic N) is 1. The Morgan fingerprint density at radius 1 is 0.892 bits per heavy atom. The van der Waals surface area contributed by atoms with Crippen molar-refractivity contribution < 1.29 is 31.1 Å². The van der Waals surface area contributed by atoms with Crippen LogP contribution in [0.2, 0.25) is 0 Å². The van der Waals surface area contributed by atoms with Crippen LogP contribution in [0.15, 0.2) is 47.4 Å². The van der Waals surface area contributed by atoms with Crippen LogP contribution >= 0.6 is 0 Å². The van der Waals surface area contributed by atoms with Gasteiger partial charge < -0.3 is 15.2 Å². The SMILES string of the molecule is O=C(Nc1ccc(N2C3CCCCC2CC3)cc1C(F)(F)F)c1c[nH]c2cccc(C(F)(F)F)c2c1=O. The van der Waals surface area contributed by atoms with Crippen LogP contribution in [0.3, 0.4) is 0 Å². The average molecular weight is 523 g/mol. The Labute approximate surface area is 207 Å². The van der Waals surface area contributed by atoms with E-state index in [0.717, 1.165) is 62.9 Å². The van der Waals surface area contributed by atoms with Gasteiger partial charge in [0.2, 0.25) is 5.43 Å². The number of rotatable bonds is 3. The highest BCUT2D eigenvalue weighted by atomic mass is 19.4. The number of aromatic nitrogens is 1. The van der Waals surface area contributed by atoms with E-state index in [4.69, 9.17) is 0 Å². The Balaban J connectivity index is 1.52. The second-order valence-corrected chi connectivity index (χ2v) is 9.52. The molecule has 2 aliphatic heterocycles. The predicted octanol–water partition coefficient (Wildman–Crippen LogP) is 6.73. The zero-order valence-corrected chi connectivity index (χ0v) is 19.5. The van der Waals surface area contributed by atoms with Gasteiger partial charge in [-0.3, -0.25) is 9.59 Å². The molecule has 2 saturated heterocycles. The molecule has 11 heteroatoms. The van der Waals surface area contributed by atoms with E-state index in [0.29, 0.717) is 11.8 Å². The first-order valence-electron chi connectivity index (χ1n) is 12.0. The van der Waals surface area contributed by atoms with Gasteiger partial charge in [-0.1, -0.05) is 18.9 Å². The number of halogens is 6. The molecule has 5 rings (SSSR count). The van der Waals surface area contributed by atoms with Gasteiger partial charge in [0.25, 0.3) is 5.91 Å². The van der Waals surface area contributed by atoms with Crippen molar-refractivity contribution in [3.63, 3.8) is 0 Å². The fourth-order valence-electron chi connectivity index (χ4n) is 5.61. The van der Waals surface area contributed by atoms with Crippen LogP contribution in [0, 0.1) is 0 Å². The number of aromatic amines is 1. The number of amides is 1. The first-order valence-corrected chi connectivity index (χ1v) is 12.0. The van der Waals surface area contributed by atoms with E-state index in [1.54, 1.807) is 0 Å². The highest BCUT2D eigenvalue weighted by molar-refractivity contribution is 6.06. The van der Waals surface area contributed by atoms with E-state index >= 15 is 0 Å². The Morgan fingerprint density at radius 2 is 1.54 bits per heavy atom. The summed E-state index contributed by atoms with van der Waals surface area (Å²) in [6, 6.07) is 7.01. The van der Waals surface area contributed by atoms with Gasteiger partial charge >= 0.3 is 12.4 Å². The fraction of sp³-hybridized carbons (Fsp3) is 0.385. The van der Waals surface area contributed by atoms with E-state index in [2.05, 4.69) is 10.3 Å². The van der Waals surface area contributed by atoms with Crippen molar-refractivity contribution >= 4 is 28.2 Å². The Kier molecular flexibility index (Phi) is 6.19. The highest BCUT2D eigenvalue weighted by Gasteiger charge is 2.39. The second kappa shape index (κ2) is 9.11. The third kappa shape index (κ3) is 4.67. The Bertz CT molecular complexity index is 1400. The van der Waals surface area contributed by atoms with Crippen LogP contribution in [0.4, 0.5) is 37.7 Å². The summed E-state index contributed by atoms with van der Waals surface area (Å²) in [5, 5.41) is 1.34. The molecule has 2 bridgehead atoms. The number of nitrogens with one attached hydrogen (secondary N) is 2. The average Bonchev–Trinajstić information content (AvgIpc) is 3.10. The molecule has 2 aliphatic rings. The Hall–Kier alpha value is -3.50. The predicted molar refractivity (Wildman–Crippen MR) is 127 cm³/mol. The largest absolute Gasteiger partial charge is 0.418 e. The monoisotopic (exact) mass is 523 g/mol. The van der Waals surface area contributed by atoms with E-state index in [-0.39, 0.29) is 17.6 Å². The third-order valence-electron chi connectivity index (χ3n) is 7.26. The summed E-state index contributed by atoms with van der Waals surface area (Å²) in [5.41, 5.74) is -4.60. The molecule has 1 aromatic heterocycles. The minimum Gasteiger partial charge on any atom is -0.366 e. The van der Waals surface area contributed by atoms with Crippen LogP contribution in [0.1, 0.15) is 60.0 Å². The fourth-order valence-corrected chi connectivity index (χ4v) is 5.61. The van der Waals surface area contributed by atoms with Gasteiger partial charge in [-0.05, 0) is 56.0 Å². The van der Waals surface area contributed by atoms with E-state index in [9.17, 15) is 35.9 Å².